The van der Waals surface area contributed by atoms with Gasteiger partial charge in [0, 0.05) is 24.5 Å². The highest BCUT2D eigenvalue weighted by atomic mass is 16.2. The molecule has 5 rings (SSSR count). The number of likely N-dealkylation sites (tertiary alicyclic amines) is 1. The standard InChI is InChI=1S/C31H35N5O3/c1-23-11-9-10-16-27(23)33-30(39)34-19-17-31(18-20-34)29(38)35(22-36(31)26-14-7-4-8-15-26)21-28(37)32-24(2)25-12-5-3-6-13-25/h3-16,24H,17-22H2,1-2H3,(H,32,37)(H,33,39). The van der Waals surface area contributed by atoms with Crippen LogP contribution in [0.3, 0.4) is 0 Å². The Balaban J connectivity index is 1.29. The lowest BCUT2D eigenvalue weighted by molar-refractivity contribution is -0.137. The summed E-state index contributed by atoms with van der Waals surface area (Å²) in [4.78, 5) is 45.5. The van der Waals surface area contributed by atoms with Crippen molar-refractivity contribution in [2.45, 2.75) is 38.3 Å². The smallest absolute Gasteiger partial charge is 0.321 e. The first-order valence-corrected chi connectivity index (χ1v) is 13.5. The lowest BCUT2D eigenvalue weighted by Gasteiger charge is -2.43. The van der Waals surface area contributed by atoms with Crippen LogP contribution >= 0.6 is 0 Å². The van der Waals surface area contributed by atoms with Gasteiger partial charge < -0.3 is 25.3 Å². The van der Waals surface area contributed by atoms with Crippen LogP contribution in [0.2, 0.25) is 0 Å². The molecule has 0 aliphatic carbocycles. The molecule has 0 bridgehead atoms. The molecule has 1 atom stereocenters. The van der Waals surface area contributed by atoms with E-state index in [1.165, 1.54) is 0 Å². The van der Waals surface area contributed by atoms with Crippen molar-refractivity contribution in [1.29, 1.82) is 0 Å². The van der Waals surface area contributed by atoms with Gasteiger partial charge in [0.05, 0.1) is 12.7 Å². The Bertz CT molecular complexity index is 1320. The van der Waals surface area contributed by atoms with Crippen LogP contribution in [-0.2, 0) is 9.59 Å². The zero-order chi connectivity index (χ0) is 27.4. The normalized spacial score (nSPS) is 17.3. The molecule has 4 amide bonds. The van der Waals surface area contributed by atoms with Gasteiger partial charge in [0.1, 0.15) is 12.1 Å². The van der Waals surface area contributed by atoms with Crippen LogP contribution in [0.1, 0.15) is 36.9 Å². The third kappa shape index (κ3) is 5.46. The number of rotatable bonds is 6. The Hall–Kier alpha value is -4.33. The van der Waals surface area contributed by atoms with Gasteiger partial charge in [0.15, 0.2) is 0 Å². The molecule has 8 heteroatoms. The molecule has 3 aromatic carbocycles. The molecule has 1 spiro atoms. The number of carbonyl (C=O) groups excluding carboxylic acids is 3. The molecule has 3 aromatic rings. The van der Waals surface area contributed by atoms with Crippen LogP contribution in [0.4, 0.5) is 16.2 Å². The van der Waals surface area contributed by atoms with Gasteiger partial charge in [-0.2, -0.15) is 0 Å². The van der Waals surface area contributed by atoms with Gasteiger partial charge in [-0.05, 0) is 56.0 Å². The summed E-state index contributed by atoms with van der Waals surface area (Å²) < 4.78 is 0. The van der Waals surface area contributed by atoms with Crippen LogP contribution in [0.25, 0.3) is 0 Å². The second kappa shape index (κ2) is 11.2. The van der Waals surface area contributed by atoms with Crippen molar-refractivity contribution in [2.75, 3.05) is 36.5 Å². The average molecular weight is 526 g/mol. The minimum Gasteiger partial charge on any atom is -0.348 e. The fraction of sp³-hybridized carbons (Fsp3) is 0.323. The minimum absolute atomic E-state index is 0.0153. The van der Waals surface area contributed by atoms with E-state index in [2.05, 4.69) is 15.5 Å². The number of carbonyl (C=O) groups is 3. The van der Waals surface area contributed by atoms with Gasteiger partial charge in [-0.15, -0.1) is 0 Å². The quantitative estimate of drug-likeness (QED) is 0.495. The summed E-state index contributed by atoms with van der Waals surface area (Å²) in [5.41, 5.74) is 2.93. The van der Waals surface area contributed by atoms with E-state index in [1.807, 2.05) is 98.8 Å². The van der Waals surface area contributed by atoms with Gasteiger partial charge in [-0.25, -0.2) is 4.79 Å². The van der Waals surface area contributed by atoms with Gasteiger partial charge in [0.25, 0.3) is 5.91 Å². The predicted octanol–water partition coefficient (Wildman–Crippen LogP) is 4.55. The Morgan fingerprint density at radius 2 is 1.51 bits per heavy atom. The van der Waals surface area contributed by atoms with E-state index in [4.69, 9.17) is 0 Å². The summed E-state index contributed by atoms with van der Waals surface area (Å²) in [6.07, 6.45) is 0.973. The van der Waals surface area contributed by atoms with Gasteiger partial charge in [-0.1, -0.05) is 66.7 Å². The molecule has 2 saturated heterocycles. The molecule has 2 heterocycles. The number of anilines is 2. The fourth-order valence-electron chi connectivity index (χ4n) is 5.60. The lowest BCUT2D eigenvalue weighted by atomic mass is 9.85. The number of hydrogen-bond acceptors (Lipinski definition) is 4. The summed E-state index contributed by atoms with van der Waals surface area (Å²) in [5.74, 6) is -0.257. The number of nitrogens with one attached hydrogen (secondary N) is 2. The van der Waals surface area contributed by atoms with E-state index in [1.54, 1.807) is 9.80 Å². The zero-order valence-corrected chi connectivity index (χ0v) is 22.5. The van der Waals surface area contributed by atoms with Crippen LogP contribution in [0, 0.1) is 6.92 Å². The predicted molar refractivity (Wildman–Crippen MR) is 152 cm³/mol. The topological polar surface area (TPSA) is 85.0 Å². The maximum atomic E-state index is 14.0. The maximum absolute atomic E-state index is 14.0. The van der Waals surface area contributed by atoms with E-state index < -0.39 is 5.54 Å². The third-order valence-corrected chi connectivity index (χ3v) is 7.86. The average Bonchev–Trinajstić information content (AvgIpc) is 3.21. The molecule has 39 heavy (non-hydrogen) atoms. The summed E-state index contributed by atoms with van der Waals surface area (Å²) in [5, 5.41) is 6.03. The molecule has 2 aliphatic heterocycles. The van der Waals surface area contributed by atoms with E-state index in [-0.39, 0.29) is 30.4 Å². The molecule has 0 aromatic heterocycles. The zero-order valence-electron chi connectivity index (χ0n) is 22.5. The number of aryl methyl sites for hydroxylation is 1. The summed E-state index contributed by atoms with van der Waals surface area (Å²) in [6, 6.07) is 27.0. The molecular formula is C31H35N5O3. The minimum atomic E-state index is -0.799. The van der Waals surface area contributed by atoms with Crippen LogP contribution < -0.4 is 15.5 Å². The molecular weight excluding hydrogens is 490 g/mol. The molecule has 8 nitrogen and oxygen atoms in total. The fourth-order valence-corrected chi connectivity index (χ4v) is 5.60. The first-order valence-electron chi connectivity index (χ1n) is 13.5. The molecule has 202 valence electrons. The number of hydrogen-bond donors (Lipinski definition) is 2. The number of urea groups is 1. The highest BCUT2D eigenvalue weighted by Crippen LogP contribution is 2.39. The van der Waals surface area contributed by atoms with Gasteiger partial charge >= 0.3 is 6.03 Å². The molecule has 0 radical (unpaired) electrons. The van der Waals surface area contributed by atoms with Crippen molar-refractivity contribution in [3.05, 3.63) is 96.1 Å². The molecule has 1 unspecified atom stereocenters. The monoisotopic (exact) mass is 525 g/mol. The van der Waals surface area contributed by atoms with Crippen LogP contribution in [0.15, 0.2) is 84.9 Å². The summed E-state index contributed by atoms with van der Waals surface area (Å²) >= 11 is 0. The van der Waals surface area contributed by atoms with E-state index in [9.17, 15) is 14.4 Å². The number of piperidine rings is 1. The second-order valence-electron chi connectivity index (χ2n) is 10.4. The maximum Gasteiger partial charge on any atom is 0.321 e. The van der Waals surface area contributed by atoms with Crippen molar-refractivity contribution in [2.24, 2.45) is 0 Å². The van der Waals surface area contributed by atoms with Crippen molar-refractivity contribution in [3.63, 3.8) is 0 Å². The number of para-hydroxylation sites is 2. The molecule has 2 N–H and O–H groups in total. The Kier molecular flexibility index (Phi) is 7.54. The molecule has 2 fully saturated rings. The Morgan fingerprint density at radius 1 is 0.897 bits per heavy atom. The van der Waals surface area contributed by atoms with Crippen molar-refractivity contribution < 1.29 is 14.4 Å². The highest BCUT2D eigenvalue weighted by Gasteiger charge is 2.54. The molecule has 2 aliphatic rings. The van der Waals surface area contributed by atoms with Crippen molar-refractivity contribution >= 4 is 29.2 Å². The SMILES string of the molecule is Cc1ccccc1NC(=O)N1CCC2(CC1)C(=O)N(CC(=O)NC(C)c1ccccc1)CN2c1ccccc1. The van der Waals surface area contributed by atoms with Crippen molar-refractivity contribution in [1.82, 2.24) is 15.1 Å². The van der Waals surface area contributed by atoms with Crippen LogP contribution in [-0.4, -0.2) is 59.5 Å². The Labute approximate surface area is 229 Å². The first-order chi connectivity index (χ1) is 18.9. The highest BCUT2D eigenvalue weighted by molar-refractivity contribution is 5.97. The Morgan fingerprint density at radius 3 is 2.18 bits per heavy atom. The number of amides is 4. The second-order valence-corrected chi connectivity index (χ2v) is 10.4. The lowest BCUT2D eigenvalue weighted by Crippen LogP contribution is -2.58. The third-order valence-electron chi connectivity index (χ3n) is 7.86. The van der Waals surface area contributed by atoms with Crippen molar-refractivity contribution in [3.8, 4) is 0 Å². The van der Waals surface area contributed by atoms with Gasteiger partial charge in [0.2, 0.25) is 5.91 Å². The summed E-state index contributed by atoms with van der Waals surface area (Å²) in [6.45, 7) is 5.09. The van der Waals surface area contributed by atoms with E-state index >= 15 is 0 Å². The number of benzene rings is 3. The van der Waals surface area contributed by atoms with E-state index in [0.717, 1.165) is 22.5 Å². The van der Waals surface area contributed by atoms with Crippen LogP contribution in [0.5, 0.6) is 0 Å². The van der Waals surface area contributed by atoms with E-state index in [0.29, 0.717) is 32.6 Å². The number of nitrogens with zero attached hydrogens (tertiary/aromatic N) is 3. The molecule has 0 saturated carbocycles. The summed E-state index contributed by atoms with van der Waals surface area (Å²) in [7, 11) is 0. The first kappa shape index (κ1) is 26.3. The largest absolute Gasteiger partial charge is 0.348 e. The van der Waals surface area contributed by atoms with Gasteiger partial charge in [-0.3, -0.25) is 9.59 Å².